The third-order valence-corrected chi connectivity index (χ3v) is 4.47. The molecule has 4 nitrogen and oxygen atoms in total. The van der Waals surface area contributed by atoms with Crippen molar-refractivity contribution in [1.82, 2.24) is 10.2 Å². The van der Waals surface area contributed by atoms with Crippen LogP contribution in [0.4, 0.5) is 0 Å². The first kappa shape index (κ1) is 17.1. The molecule has 1 saturated heterocycles. The van der Waals surface area contributed by atoms with Crippen molar-refractivity contribution in [3.05, 3.63) is 40.5 Å². The molecule has 120 valence electrons. The van der Waals surface area contributed by atoms with Crippen LogP contribution in [0.25, 0.3) is 0 Å². The summed E-state index contributed by atoms with van der Waals surface area (Å²) in [4.78, 5) is 6.86. The molecule has 1 aromatic rings. The highest BCUT2D eigenvalue weighted by Crippen LogP contribution is 2.24. The summed E-state index contributed by atoms with van der Waals surface area (Å²) < 4.78 is 7.31. The lowest BCUT2D eigenvalue weighted by Crippen LogP contribution is -2.47. The lowest BCUT2D eigenvalue weighted by atomic mass is 10.1. The maximum absolute atomic E-state index is 6.14. The third-order valence-electron chi connectivity index (χ3n) is 3.58. The minimum Gasteiger partial charge on any atom is -0.489 e. The van der Waals surface area contributed by atoms with E-state index in [1.54, 1.807) is 0 Å². The van der Waals surface area contributed by atoms with Gasteiger partial charge in [0.15, 0.2) is 5.96 Å². The molecule has 0 aromatic heterocycles. The van der Waals surface area contributed by atoms with E-state index in [0.29, 0.717) is 6.54 Å². The van der Waals surface area contributed by atoms with Gasteiger partial charge in [0.05, 0.1) is 10.1 Å². The zero-order chi connectivity index (χ0) is 15.8. The van der Waals surface area contributed by atoms with Gasteiger partial charge in [0.2, 0.25) is 0 Å². The number of halogens is 1. The second kappa shape index (κ2) is 9.02. The average molecular weight is 413 g/mol. The van der Waals surface area contributed by atoms with Crippen LogP contribution in [0.3, 0.4) is 0 Å². The lowest BCUT2D eigenvalue weighted by Gasteiger charge is -2.34. The van der Waals surface area contributed by atoms with E-state index in [0.717, 1.165) is 44.2 Å². The molecule has 2 rings (SSSR count). The van der Waals surface area contributed by atoms with Gasteiger partial charge >= 0.3 is 0 Å². The summed E-state index contributed by atoms with van der Waals surface area (Å²) in [6.45, 7) is 9.30. The zero-order valence-corrected chi connectivity index (χ0v) is 15.3. The highest BCUT2D eigenvalue weighted by atomic mass is 127. The highest BCUT2D eigenvalue weighted by molar-refractivity contribution is 14.1. The van der Waals surface area contributed by atoms with Gasteiger partial charge in [-0.1, -0.05) is 18.2 Å². The fourth-order valence-electron chi connectivity index (χ4n) is 2.48. The molecule has 0 amide bonds. The number of nitrogens with zero attached hydrogens (tertiary/aromatic N) is 2. The second-order valence-electron chi connectivity index (χ2n) is 5.22. The first-order chi connectivity index (χ1) is 10.7. The van der Waals surface area contributed by atoms with Gasteiger partial charge in [0.25, 0.3) is 0 Å². The summed E-state index contributed by atoms with van der Waals surface area (Å²) >= 11 is 2.32. The van der Waals surface area contributed by atoms with Crippen LogP contribution in [0.1, 0.15) is 19.8 Å². The van der Waals surface area contributed by atoms with Crippen LogP contribution < -0.4 is 10.1 Å². The molecule has 0 spiro atoms. The molecule has 0 unspecified atom stereocenters. The Bertz CT molecular complexity index is 510. The summed E-state index contributed by atoms with van der Waals surface area (Å²) in [5.74, 6) is 1.98. The van der Waals surface area contributed by atoms with Gasteiger partial charge in [-0.05, 0) is 41.6 Å². The summed E-state index contributed by atoms with van der Waals surface area (Å²) in [7, 11) is 0. The van der Waals surface area contributed by atoms with E-state index < -0.39 is 0 Å². The second-order valence-corrected chi connectivity index (χ2v) is 6.38. The molecule has 0 bridgehead atoms. The summed E-state index contributed by atoms with van der Waals surface area (Å²) in [6.07, 6.45) is 4.15. The molecule has 0 radical (unpaired) electrons. The molecule has 22 heavy (non-hydrogen) atoms. The van der Waals surface area contributed by atoms with Crippen LogP contribution in [0.15, 0.2) is 41.9 Å². The predicted octanol–water partition coefficient (Wildman–Crippen LogP) is 3.29. The van der Waals surface area contributed by atoms with E-state index in [1.165, 1.54) is 3.57 Å². The largest absolute Gasteiger partial charge is 0.489 e. The van der Waals surface area contributed by atoms with Crippen LogP contribution in [0, 0.1) is 3.57 Å². The van der Waals surface area contributed by atoms with E-state index in [4.69, 9.17) is 4.74 Å². The van der Waals surface area contributed by atoms with Gasteiger partial charge < -0.3 is 15.0 Å². The molecule has 1 N–H and O–H groups in total. The zero-order valence-electron chi connectivity index (χ0n) is 13.1. The fourth-order valence-corrected chi connectivity index (χ4v) is 3.00. The summed E-state index contributed by atoms with van der Waals surface area (Å²) in [5, 5.41) is 3.35. The average Bonchev–Trinajstić information content (AvgIpc) is 2.54. The monoisotopic (exact) mass is 413 g/mol. The number of hydrogen-bond donors (Lipinski definition) is 1. The molecular formula is C17H24IN3O. The smallest absolute Gasteiger partial charge is 0.194 e. The number of hydrogen-bond acceptors (Lipinski definition) is 2. The van der Waals surface area contributed by atoms with Gasteiger partial charge in [0.1, 0.15) is 11.9 Å². The van der Waals surface area contributed by atoms with Crippen LogP contribution in [0.2, 0.25) is 0 Å². The van der Waals surface area contributed by atoms with Crippen molar-refractivity contribution in [2.24, 2.45) is 4.99 Å². The minimum absolute atomic E-state index is 0.287. The maximum Gasteiger partial charge on any atom is 0.194 e. The van der Waals surface area contributed by atoms with Crippen LogP contribution in [-0.2, 0) is 0 Å². The number of likely N-dealkylation sites (tertiary alicyclic amines) is 1. The Balaban J connectivity index is 1.89. The molecule has 0 atom stereocenters. The van der Waals surface area contributed by atoms with Crippen molar-refractivity contribution >= 4 is 28.6 Å². The van der Waals surface area contributed by atoms with Gasteiger partial charge in [-0.15, -0.1) is 6.58 Å². The van der Waals surface area contributed by atoms with E-state index in [2.05, 4.69) is 57.4 Å². The third kappa shape index (κ3) is 4.90. The van der Waals surface area contributed by atoms with Gasteiger partial charge in [-0.2, -0.15) is 0 Å². The number of piperidine rings is 1. The Morgan fingerprint density at radius 3 is 2.82 bits per heavy atom. The normalized spacial score (nSPS) is 16.5. The van der Waals surface area contributed by atoms with Gasteiger partial charge in [-0.3, -0.25) is 0 Å². The fraction of sp³-hybridized carbons (Fsp3) is 0.471. The quantitative estimate of drug-likeness (QED) is 0.349. The van der Waals surface area contributed by atoms with Crippen molar-refractivity contribution in [2.75, 3.05) is 26.2 Å². The van der Waals surface area contributed by atoms with Gasteiger partial charge in [-0.25, -0.2) is 4.99 Å². The van der Waals surface area contributed by atoms with Gasteiger partial charge in [0, 0.05) is 32.5 Å². The number of rotatable bonds is 5. The molecule has 1 aliphatic heterocycles. The van der Waals surface area contributed by atoms with E-state index in [9.17, 15) is 0 Å². The van der Waals surface area contributed by atoms with Crippen LogP contribution >= 0.6 is 22.6 Å². The van der Waals surface area contributed by atoms with E-state index in [1.807, 2.05) is 24.3 Å². The number of para-hydroxylation sites is 1. The topological polar surface area (TPSA) is 36.9 Å². The first-order valence-corrected chi connectivity index (χ1v) is 8.87. The Morgan fingerprint density at radius 1 is 1.45 bits per heavy atom. The summed E-state index contributed by atoms with van der Waals surface area (Å²) in [5.41, 5.74) is 0. The Morgan fingerprint density at radius 2 is 2.18 bits per heavy atom. The highest BCUT2D eigenvalue weighted by Gasteiger charge is 2.23. The first-order valence-electron chi connectivity index (χ1n) is 7.80. The SMILES string of the molecule is C=CCN=C(NCC)N1CCC(Oc2ccccc2I)CC1. The van der Waals surface area contributed by atoms with E-state index in [-0.39, 0.29) is 6.10 Å². The minimum atomic E-state index is 0.287. The number of benzene rings is 1. The molecule has 1 aliphatic rings. The number of guanidine groups is 1. The Labute approximate surface area is 146 Å². The molecule has 0 aliphatic carbocycles. The lowest BCUT2D eigenvalue weighted by molar-refractivity contribution is 0.128. The van der Waals surface area contributed by atoms with Crippen molar-refractivity contribution in [1.29, 1.82) is 0 Å². The van der Waals surface area contributed by atoms with Crippen molar-refractivity contribution in [2.45, 2.75) is 25.9 Å². The molecule has 1 fully saturated rings. The number of ether oxygens (including phenoxy) is 1. The number of aliphatic imine (C=N–C) groups is 1. The predicted molar refractivity (Wildman–Crippen MR) is 101 cm³/mol. The number of nitrogens with one attached hydrogen (secondary N) is 1. The maximum atomic E-state index is 6.14. The molecule has 0 saturated carbocycles. The Hall–Kier alpha value is -1.24. The van der Waals surface area contributed by atoms with E-state index >= 15 is 0 Å². The van der Waals surface area contributed by atoms with Crippen molar-refractivity contribution in [3.63, 3.8) is 0 Å². The standard InChI is InChI=1S/C17H24IN3O/c1-3-11-20-17(19-4-2)21-12-9-14(10-13-21)22-16-8-6-5-7-15(16)18/h3,5-8,14H,1,4,9-13H2,2H3,(H,19,20). The molecular weight excluding hydrogens is 389 g/mol. The summed E-state index contributed by atoms with van der Waals surface area (Å²) in [6, 6.07) is 8.19. The van der Waals surface area contributed by atoms with Crippen molar-refractivity contribution < 1.29 is 4.74 Å². The van der Waals surface area contributed by atoms with Crippen LogP contribution in [-0.4, -0.2) is 43.1 Å². The van der Waals surface area contributed by atoms with Crippen LogP contribution in [0.5, 0.6) is 5.75 Å². The molecule has 1 aromatic carbocycles. The molecule has 5 heteroatoms. The van der Waals surface area contributed by atoms with Crippen molar-refractivity contribution in [3.8, 4) is 5.75 Å². The Kier molecular flexibility index (Phi) is 7.02. The molecule has 1 heterocycles.